The molecule has 0 aliphatic heterocycles. The average molecular weight is 207 g/mol. The summed E-state index contributed by atoms with van der Waals surface area (Å²) < 4.78 is 5.66. The second kappa shape index (κ2) is 4.12. The zero-order valence-corrected chi connectivity index (χ0v) is 9.06. The number of aryl methyl sites for hydroxylation is 1. The molecule has 0 amide bonds. The molecule has 1 aliphatic carbocycles. The quantitative estimate of drug-likeness (QED) is 0.746. The number of fused-ring (bicyclic) bond motifs is 1. The van der Waals surface area contributed by atoms with Gasteiger partial charge in [-0.15, -0.1) is 11.3 Å². The Labute approximate surface area is 88.1 Å². The Morgan fingerprint density at radius 1 is 1.71 bits per heavy atom. The minimum absolute atomic E-state index is 0.238. The van der Waals surface area contributed by atoms with Crippen LogP contribution in [-0.2, 0) is 11.2 Å². The molecule has 0 bridgehead atoms. The fourth-order valence-corrected chi connectivity index (χ4v) is 3.00. The molecule has 74 valence electrons. The topological polar surface area (TPSA) is 33.0 Å². The molecule has 1 heterocycles. The minimum atomic E-state index is 0.238. The van der Waals surface area contributed by atoms with Gasteiger partial charge in [-0.1, -0.05) is 0 Å². The monoisotopic (exact) mass is 207 g/mol. The maximum atomic E-state index is 8.82. The van der Waals surface area contributed by atoms with Gasteiger partial charge >= 0.3 is 0 Å². The summed E-state index contributed by atoms with van der Waals surface area (Å²) in [6, 6.07) is 4.21. The fourth-order valence-electron chi connectivity index (χ4n) is 1.94. The van der Waals surface area contributed by atoms with E-state index < -0.39 is 0 Å². The van der Waals surface area contributed by atoms with Crippen molar-refractivity contribution in [2.24, 2.45) is 0 Å². The van der Waals surface area contributed by atoms with Gasteiger partial charge in [0.15, 0.2) is 0 Å². The van der Waals surface area contributed by atoms with Crippen molar-refractivity contribution in [3.63, 3.8) is 0 Å². The smallest absolute Gasteiger partial charge is 0.110 e. The first kappa shape index (κ1) is 9.70. The molecule has 2 nitrogen and oxygen atoms in total. The maximum Gasteiger partial charge on any atom is 0.110 e. The third-order valence-corrected chi connectivity index (χ3v) is 3.65. The Bertz CT molecular complexity index is 364. The van der Waals surface area contributed by atoms with Gasteiger partial charge in [0.05, 0.1) is 6.10 Å². The van der Waals surface area contributed by atoms with Crippen LogP contribution in [0.2, 0.25) is 0 Å². The highest BCUT2D eigenvalue weighted by Gasteiger charge is 2.22. The SMILES string of the molecule is CCOC1CCCc2sc(C#N)cc21. The Morgan fingerprint density at radius 2 is 2.57 bits per heavy atom. The van der Waals surface area contributed by atoms with E-state index in [1.54, 1.807) is 11.3 Å². The average Bonchev–Trinajstić information content (AvgIpc) is 2.62. The van der Waals surface area contributed by atoms with Crippen LogP contribution in [0.3, 0.4) is 0 Å². The van der Waals surface area contributed by atoms with E-state index in [4.69, 9.17) is 10.00 Å². The van der Waals surface area contributed by atoms with Crippen LogP contribution in [0.25, 0.3) is 0 Å². The van der Waals surface area contributed by atoms with Crippen LogP contribution in [0.5, 0.6) is 0 Å². The summed E-state index contributed by atoms with van der Waals surface area (Å²) in [7, 11) is 0. The van der Waals surface area contributed by atoms with Gasteiger partial charge in [-0.25, -0.2) is 0 Å². The van der Waals surface area contributed by atoms with Crippen molar-refractivity contribution in [3.05, 3.63) is 21.4 Å². The summed E-state index contributed by atoms with van der Waals surface area (Å²) in [5.41, 5.74) is 1.26. The molecule has 2 rings (SSSR count). The van der Waals surface area contributed by atoms with Crippen LogP contribution >= 0.6 is 11.3 Å². The number of rotatable bonds is 2. The highest BCUT2D eigenvalue weighted by atomic mass is 32.1. The minimum Gasteiger partial charge on any atom is -0.374 e. The molecule has 0 aromatic carbocycles. The second-order valence-corrected chi connectivity index (χ2v) is 4.57. The van der Waals surface area contributed by atoms with Crippen molar-refractivity contribution in [2.75, 3.05) is 6.61 Å². The summed E-state index contributed by atoms with van der Waals surface area (Å²) in [4.78, 5) is 2.17. The van der Waals surface area contributed by atoms with Crippen molar-refractivity contribution in [1.29, 1.82) is 5.26 Å². The number of ether oxygens (including phenoxy) is 1. The van der Waals surface area contributed by atoms with E-state index in [2.05, 4.69) is 6.07 Å². The first-order valence-electron chi connectivity index (χ1n) is 4.99. The lowest BCUT2D eigenvalue weighted by Gasteiger charge is -2.21. The summed E-state index contributed by atoms with van der Waals surface area (Å²) in [5, 5.41) is 8.82. The second-order valence-electron chi connectivity index (χ2n) is 3.44. The van der Waals surface area contributed by atoms with Gasteiger partial charge in [-0.3, -0.25) is 0 Å². The van der Waals surface area contributed by atoms with Gasteiger partial charge < -0.3 is 4.74 Å². The van der Waals surface area contributed by atoms with E-state index >= 15 is 0 Å². The first-order valence-corrected chi connectivity index (χ1v) is 5.81. The number of thiophene rings is 1. The Hall–Kier alpha value is -0.850. The Morgan fingerprint density at radius 3 is 3.29 bits per heavy atom. The van der Waals surface area contributed by atoms with Gasteiger partial charge in [0.1, 0.15) is 10.9 Å². The van der Waals surface area contributed by atoms with Gasteiger partial charge in [0, 0.05) is 11.5 Å². The van der Waals surface area contributed by atoms with E-state index in [-0.39, 0.29) is 6.10 Å². The zero-order valence-electron chi connectivity index (χ0n) is 8.25. The van der Waals surface area contributed by atoms with Gasteiger partial charge in [0.2, 0.25) is 0 Å². The zero-order chi connectivity index (χ0) is 9.97. The van der Waals surface area contributed by atoms with Crippen molar-refractivity contribution >= 4 is 11.3 Å². The van der Waals surface area contributed by atoms with Crippen LogP contribution in [0.1, 0.15) is 41.2 Å². The molecule has 0 N–H and O–H groups in total. The standard InChI is InChI=1S/C11H13NOS/c1-2-13-10-4-3-5-11-9(10)6-8(7-12)14-11/h6,10H,2-5H2,1H3. The van der Waals surface area contributed by atoms with Gasteiger partial charge in [-0.2, -0.15) is 5.26 Å². The summed E-state index contributed by atoms with van der Waals surface area (Å²) in [6.45, 7) is 2.77. The van der Waals surface area contributed by atoms with Crippen LogP contribution in [0.4, 0.5) is 0 Å². The van der Waals surface area contributed by atoms with Crippen LogP contribution < -0.4 is 0 Å². The summed E-state index contributed by atoms with van der Waals surface area (Å²) in [6.07, 6.45) is 3.64. The third kappa shape index (κ3) is 1.68. The van der Waals surface area contributed by atoms with E-state index in [0.29, 0.717) is 0 Å². The highest BCUT2D eigenvalue weighted by Crippen LogP contribution is 2.37. The van der Waals surface area contributed by atoms with Gasteiger partial charge in [-0.05, 0) is 37.8 Å². The predicted molar refractivity (Wildman–Crippen MR) is 56.3 cm³/mol. The van der Waals surface area contributed by atoms with E-state index in [0.717, 1.165) is 24.3 Å². The van der Waals surface area contributed by atoms with Crippen molar-refractivity contribution in [3.8, 4) is 6.07 Å². The van der Waals surface area contributed by atoms with Gasteiger partial charge in [0.25, 0.3) is 0 Å². The van der Waals surface area contributed by atoms with Crippen LogP contribution in [0.15, 0.2) is 6.07 Å². The first-order chi connectivity index (χ1) is 6.85. The lowest BCUT2D eigenvalue weighted by Crippen LogP contribution is -2.10. The number of nitrogens with zero attached hydrogens (tertiary/aromatic N) is 1. The van der Waals surface area contributed by atoms with E-state index in [1.165, 1.54) is 16.9 Å². The number of hydrogen-bond acceptors (Lipinski definition) is 3. The molecule has 1 atom stereocenters. The molecule has 14 heavy (non-hydrogen) atoms. The molecule has 0 saturated carbocycles. The normalized spacial score (nSPS) is 20.1. The highest BCUT2D eigenvalue weighted by molar-refractivity contribution is 7.12. The Balaban J connectivity index is 2.29. The van der Waals surface area contributed by atoms with Crippen molar-refractivity contribution in [2.45, 2.75) is 32.3 Å². The molecule has 0 spiro atoms. The summed E-state index contributed by atoms with van der Waals surface area (Å²) in [5.74, 6) is 0. The number of hydrogen-bond donors (Lipinski definition) is 0. The Kier molecular flexibility index (Phi) is 2.85. The molecule has 1 aromatic rings. The van der Waals surface area contributed by atoms with Crippen molar-refractivity contribution in [1.82, 2.24) is 0 Å². The molecule has 0 radical (unpaired) electrons. The lowest BCUT2D eigenvalue weighted by atomic mass is 9.96. The van der Waals surface area contributed by atoms with Crippen molar-refractivity contribution < 1.29 is 4.74 Å². The molecule has 1 aliphatic rings. The molecule has 1 unspecified atom stereocenters. The molecule has 0 saturated heterocycles. The summed E-state index contributed by atoms with van der Waals surface area (Å²) >= 11 is 1.62. The van der Waals surface area contributed by atoms with E-state index in [9.17, 15) is 0 Å². The maximum absolute atomic E-state index is 8.82. The molecule has 3 heteroatoms. The van der Waals surface area contributed by atoms with E-state index in [1.807, 2.05) is 13.0 Å². The lowest BCUT2D eigenvalue weighted by molar-refractivity contribution is 0.0506. The largest absolute Gasteiger partial charge is 0.374 e. The third-order valence-electron chi connectivity index (χ3n) is 2.54. The molecular formula is C11H13NOS. The number of nitriles is 1. The van der Waals surface area contributed by atoms with Crippen LogP contribution in [0, 0.1) is 11.3 Å². The van der Waals surface area contributed by atoms with Crippen LogP contribution in [-0.4, -0.2) is 6.61 Å². The molecule has 1 aromatic heterocycles. The molecule has 0 fully saturated rings. The molecular weight excluding hydrogens is 194 g/mol. The fraction of sp³-hybridized carbons (Fsp3) is 0.545. The predicted octanol–water partition coefficient (Wildman–Crippen LogP) is 3.03.